The van der Waals surface area contributed by atoms with E-state index < -0.39 is 5.97 Å². The van der Waals surface area contributed by atoms with Gasteiger partial charge in [-0.25, -0.2) is 4.79 Å². The molecule has 0 aliphatic heterocycles. The molecular formula is C13H12BrNO2S. The SMILES string of the molecule is CC(Nc1cccc(Br)c1C(=O)O)c1cccs1. The Hall–Kier alpha value is -1.33. The highest BCUT2D eigenvalue weighted by molar-refractivity contribution is 9.10. The summed E-state index contributed by atoms with van der Waals surface area (Å²) in [7, 11) is 0. The molecule has 3 nitrogen and oxygen atoms in total. The average molecular weight is 326 g/mol. The normalized spacial score (nSPS) is 12.1. The number of hydrogen-bond acceptors (Lipinski definition) is 3. The number of carbonyl (C=O) groups is 1. The zero-order valence-electron chi connectivity index (χ0n) is 9.68. The minimum atomic E-state index is -0.941. The number of aromatic carboxylic acids is 1. The second kappa shape index (κ2) is 5.54. The second-order valence-electron chi connectivity index (χ2n) is 3.85. The molecule has 0 saturated heterocycles. The molecule has 0 aliphatic carbocycles. The van der Waals surface area contributed by atoms with Gasteiger partial charge in [-0.05, 0) is 46.4 Å². The largest absolute Gasteiger partial charge is 0.478 e. The van der Waals surface area contributed by atoms with Crippen molar-refractivity contribution in [2.45, 2.75) is 13.0 Å². The van der Waals surface area contributed by atoms with E-state index in [2.05, 4.69) is 21.2 Å². The Kier molecular flexibility index (Phi) is 4.04. The molecule has 0 saturated carbocycles. The van der Waals surface area contributed by atoms with Crippen molar-refractivity contribution >= 4 is 38.9 Å². The van der Waals surface area contributed by atoms with Crippen molar-refractivity contribution in [2.75, 3.05) is 5.32 Å². The van der Waals surface area contributed by atoms with Gasteiger partial charge >= 0.3 is 5.97 Å². The van der Waals surface area contributed by atoms with E-state index in [1.165, 1.54) is 4.88 Å². The molecule has 0 aliphatic rings. The average Bonchev–Trinajstić information content (AvgIpc) is 2.81. The van der Waals surface area contributed by atoms with Gasteiger partial charge in [-0.2, -0.15) is 0 Å². The smallest absolute Gasteiger partial charge is 0.338 e. The van der Waals surface area contributed by atoms with Crippen LogP contribution < -0.4 is 5.32 Å². The van der Waals surface area contributed by atoms with Gasteiger partial charge in [0.1, 0.15) is 0 Å². The van der Waals surface area contributed by atoms with Gasteiger partial charge in [0.15, 0.2) is 0 Å². The number of carboxylic acids is 1. The maximum absolute atomic E-state index is 11.2. The number of thiophene rings is 1. The summed E-state index contributed by atoms with van der Waals surface area (Å²) in [6, 6.07) is 9.41. The Morgan fingerprint density at radius 1 is 1.39 bits per heavy atom. The lowest BCUT2D eigenvalue weighted by molar-refractivity contribution is 0.0697. The van der Waals surface area contributed by atoms with E-state index in [1.807, 2.05) is 30.5 Å². The summed E-state index contributed by atoms with van der Waals surface area (Å²) in [5.74, 6) is -0.941. The van der Waals surface area contributed by atoms with Crippen LogP contribution in [0.2, 0.25) is 0 Å². The molecule has 0 radical (unpaired) electrons. The third kappa shape index (κ3) is 2.73. The molecule has 0 bridgehead atoms. The first kappa shape index (κ1) is 13.1. The van der Waals surface area contributed by atoms with Gasteiger partial charge in [0, 0.05) is 9.35 Å². The molecule has 94 valence electrons. The van der Waals surface area contributed by atoms with Crippen LogP contribution in [0.4, 0.5) is 5.69 Å². The Balaban J connectivity index is 2.29. The predicted octanol–water partition coefficient (Wildman–Crippen LogP) is 4.38. The van der Waals surface area contributed by atoms with Crippen LogP contribution in [0, 0.1) is 0 Å². The molecule has 1 aromatic heterocycles. The van der Waals surface area contributed by atoms with Crippen LogP contribution in [-0.4, -0.2) is 11.1 Å². The topological polar surface area (TPSA) is 49.3 Å². The summed E-state index contributed by atoms with van der Waals surface area (Å²) in [6.45, 7) is 2.01. The molecule has 18 heavy (non-hydrogen) atoms. The van der Waals surface area contributed by atoms with Crippen molar-refractivity contribution in [3.05, 3.63) is 50.6 Å². The van der Waals surface area contributed by atoms with E-state index in [9.17, 15) is 9.90 Å². The molecule has 0 spiro atoms. The van der Waals surface area contributed by atoms with Crippen molar-refractivity contribution in [3.8, 4) is 0 Å². The van der Waals surface area contributed by atoms with Crippen LogP contribution in [0.25, 0.3) is 0 Å². The fourth-order valence-corrected chi connectivity index (χ4v) is 2.97. The van der Waals surface area contributed by atoms with Gasteiger partial charge in [-0.3, -0.25) is 0 Å². The van der Waals surface area contributed by atoms with Crippen molar-refractivity contribution in [3.63, 3.8) is 0 Å². The number of anilines is 1. The zero-order valence-corrected chi connectivity index (χ0v) is 12.1. The van der Waals surface area contributed by atoms with E-state index >= 15 is 0 Å². The molecule has 2 rings (SSSR count). The molecule has 2 N–H and O–H groups in total. The van der Waals surface area contributed by atoms with Gasteiger partial charge in [0.05, 0.1) is 17.3 Å². The van der Waals surface area contributed by atoms with E-state index in [0.717, 1.165) is 0 Å². The van der Waals surface area contributed by atoms with Gasteiger partial charge < -0.3 is 10.4 Å². The molecule has 5 heteroatoms. The Morgan fingerprint density at radius 2 is 2.17 bits per heavy atom. The van der Waals surface area contributed by atoms with Crippen LogP contribution in [0.15, 0.2) is 40.2 Å². The van der Waals surface area contributed by atoms with Gasteiger partial charge in [-0.1, -0.05) is 12.1 Å². The highest BCUT2D eigenvalue weighted by Crippen LogP contribution is 2.29. The second-order valence-corrected chi connectivity index (χ2v) is 5.68. The summed E-state index contributed by atoms with van der Waals surface area (Å²) in [6.07, 6.45) is 0. The standard InChI is InChI=1S/C13H12BrNO2S/c1-8(11-6-3-7-18-11)15-10-5-2-4-9(14)12(10)13(16)17/h2-8,15H,1H3,(H,16,17). The Bertz CT molecular complexity index is 554. The molecule has 0 amide bonds. The predicted molar refractivity (Wildman–Crippen MR) is 77.5 cm³/mol. The first-order valence-electron chi connectivity index (χ1n) is 5.41. The lowest BCUT2D eigenvalue weighted by atomic mass is 10.1. The molecule has 2 aromatic rings. The van der Waals surface area contributed by atoms with E-state index in [4.69, 9.17) is 0 Å². The first-order valence-corrected chi connectivity index (χ1v) is 7.08. The summed E-state index contributed by atoms with van der Waals surface area (Å²) in [5.41, 5.74) is 0.888. The third-order valence-corrected chi connectivity index (χ3v) is 4.29. The summed E-state index contributed by atoms with van der Waals surface area (Å²) >= 11 is 4.92. The molecule has 1 aromatic carbocycles. The minimum Gasteiger partial charge on any atom is -0.478 e. The number of benzene rings is 1. The molecule has 1 heterocycles. The molecule has 1 atom stereocenters. The maximum Gasteiger partial charge on any atom is 0.338 e. The van der Waals surface area contributed by atoms with Crippen LogP contribution in [-0.2, 0) is 0 Å². The number of nitrogens with one attached hydrogen (secondary N) is 1. The quantitative estimate of drug-likeness (QED) is 0.876. The zero-order chi connectivity index (χ0) is 13.1. The van der Waals surface area contributed by atoms with Gasteiger partial charge in [0.25, 0.3) is 0 Å². The first-order chi connectivity index (χ1) is 8.59. The highest BCUT2D eigenvalue weighted by atomic mass is 79.9. The summed E-state index contributed by atoms with van der Waals surface area (Å²) < 4.78 is 0.582. The van der Waals surface area contributed by atoms with Crippen molar-refractivity contribution in [2.24, 2.45) is 0 Å². The third-order valence-electron chi connectivity index (χ3n) is 2.57. The number of rotatable bonds is 4. The maximum atomic E-state index is 11.2. The lowest BCUT2D eigenvalue weighted by Crippen LogP contribution is -2.10. The molecular weight excluding hydrogens is 314 g/mol. The molecule has 1 unspecified atom stereocenters. The van der Waals surface area contributed by atoms with E-state index in [-0.39, 0.29) is 11.6 Å². The monoisotopic (exact) mass is 325 g/mol. The Morgan fingerprint density at radius 3 is 2.78 bits per heavy atom. The van der Waals surface area contributed by atoms with Gasteiger partial charge in [-0.15, -0.1) is 11.3 Å². The fourth-order valence-electron chi connectivity index (χ4n) is 1.70. The Labute approximate surface area is 118 Å². The van der Waals surface area contributed by atoms with Crippen LogP contribution in [0.1, 0.15) is 28.2 Å². The van der Waals surface area contributed by atoms with Crippen molar-refractivity contribution in [1.82, 2.24) is 0 Å². The van der Waals surface area contributed by atoms with Gasteiger partial charge in [0.2, 0.25) is 0 Å². The minimum absolute atomic E-state index is 0.0809. The number of halogens is 1. The van der Waals surface area contributed by atoms with Crippen LogP contribution >= 0.6 is 27.3 Å². The number of carboxylic acid groups (broad SMARTS) is 1. The van der Waals surface area contributed by atoms with Crippen molar-refractivity contribution in [1.29, 1.82) is 0 Å². The number of hydrogen-bond donors (Lipinski definition) is 2. The van der Waals surface area contributed by atoms with Crippen LogP contribution in [0.3, 0.4) is 0 Å². The fraction of sp³-hybridized carbons (Fsp3) is 0.154. The van der Waals surface area contributed by atoms with E-state index in [1.54, 1.807) is 23.5 Å². The molecule has 0 fully saturated rings. The van der Waals surface area contributed by atoms with Crippen molar-refractivity contribution < 1.29 is 9.90 Å². The lowest BCUT2D eigenvalue weighted by Gasteiger charge is -2.16. The summed E-state index contributed by atoms with van der Waals surface area (Å²) in [4.78, 5) is 12.4. The summed E-state index contributed by atoms with van der Waals surface area (Å²) in [5, 5.41) is 14.5. The van der Waals surface area contributed by atoms with E-state index in [0.29, 0.717) is 10.2 Å². The van der Waals surface area contributed by atoms with Crippen LogP contribution in [0.5, 0.6) is 0 Å². The highest BCUT2D eigenvalue weighted by Gasteiger charge is 2.16.